The monoisotopic (exact) mass is 380 g/mol. The number of carbonyl (C=O) groups is 1. The highest BCUT2D eigenvalue weighted by Gasteiger charge is 2.33. The third kappa shape index (κ3) is 6.98. The Balaban J connectivity index is 1.95. The average Bonchev–Trinajstić information content (AvgIpc) is 2.71. The van der Waals surface area contributed by atoms with E-state index in [1.165, 1.54) is 19.3 Å². The van der Waals surface area contributed by atoms with Crippen LogP contribution in [0.2, 0.25) is 0 Å². The van der Waals surface area contributed by atoms with Crippen LogP contribution in [0.1, 0.15) is 71.6 Å². The summed E-state index contributed by atoms with van der Waals surface area (Å²) in [7, 11) is 1.72. The van der Waals surface area contributed by atoms with E-state index in [1.807, 2.05) is 0 Å². The number of aliphatic imine (C=N–C) groups is 1. The van der Waals surface area contributed by atoms with Crippen LogP contribution in [-0.4, -0.2) is 62.2 Å². The molecule has 2 rings (SSSR count). The van der Waals surface area contributed by atoms with E-state index in [1.54, 1.807) is 7.05 Å². The van der Waals surface area contributed by atoms with E-state index in [-0.39, 0.29) is 11.5 Å². The Hall–Kier alpha value is -1.30. The van der Waals surface area contributed by atoms with Crippen LogP contribution in [0.3, 0.4) is 0 Å². The van der Waals surface area contributed by atoms with Crippen molar-refractivity contribution in [2.75, 3.05) is 39.8 Å². The lowest BCUT2D eigenvalue weighted by Gasteiger charge is -2.38. The van der Waals surface area contributed by atoms with E-state index in [2.05, 4.69) is 29.4 Å². The molecule has 6 nitrogen and oxygen atoms in total. The fourth-order valence-electron chi connectivity index (χ4n) is 4.22. The molecule has 1 saturated heterocycles. The van der Waals surface area contributed by atoms with E-state index in [0.29, 0.717) is 12.3 Å². The van der Waals surface area contributed by atoms with Gasteiger partial charge < -0.3 is 20.3 Å². The van der Waals surface area contributed by atoms with Crippen molar-refractivity contribution < 1.29 is 9.53 Å². The molecule has 1 aliphatic carbocycles. The first-order valence-corrected chi connectivity index (χ1v) is 11.0. The van der Waals surface area contributed by atoms with Crippen molar-refractivity contribution in [2.45, 2.75) is 77.2 Å². The molecule has 0 unspecified atom stereocenters. The number of hydrogen-bond donors (Lipinski definition) is 2. The Kier molecular flexibility index (Phi) is 9.39. The maximum Gasteiger partial charge on any atom is 0.220 e. The van der Waals surface area contributed by atoms with E-state index < -0.39 is 0 Å². The minimum Gasteiger partial charge on any atom is -0.373 e. The largest absolute Gasteiger partial charge is 0.373 e. The van der Waals surface area contributed by atoms with Gasteiger partial charge in [-0.05, 0) is 44.9 Å². The van der Waals surface area contributed by atoms with E-state index in [0.717, 1.165) is 70.8 Å². The number of guanidine groups is 1. The zero-order valence-corrected chi connectivity index (χ0v) is 17.7. The third-order valence-electron chi connectivity index (χ3n) is 5.90. The number of ether oxygens (including phenoxy) is 1. The molecule has 0 aromatic carbocycles. The number of rotatable bonds is 8. The van der Waals surface area contributed by atoms with Crippen molar-refractivity contribution in [1.82, 2.24) is 15.5 Å². The average molecular weight is 381 g/mol. The molecule has 0 atom stereocenters. The third-order valence-corrected chi connectivity index (χ3v) is 5.90. The highest BCUT2D eigenvalue weighted by Crippen LogP contribution is 2.32. The molecule has 1 saturated carbocycles. The second kappa shape index (κ2) is 11.5. The molecule has 2 aliphatic rings. The van der Waals surface area contributed by atoms with E-state index in [4.69, 9.17) is 9.73 Å². The summed E-state index contributed by atoms with van der Waals surface area (Å²) in [5.41, 5.74) is -0.0630. The van der Waals surface area contributed by atoms with Crippen LogP contribution in [0.5, 0.6) is 0 Å². The van der Waals surface area contributed by atoms with Gasteiger partial charge in [0.1, 0.15) is 0 Å². The zero-order chi connectivity index (χ0) is 19.5. The smallest absolute Gasteiger partial charge is 0.220 e. The lowest BCUT2D eigenvalue weighted by atomic mass is 9.84. The molecule has 0 bridgehead atoms. The first-order chi connectivity index (χ1) is 13.1. The number of amides is 1. The molecule has 2 N–H and O–H groups in total. The van der Waals surface area contributed by atoms with Crippen molar-refractivity contribution >= 4 is 11.9 Å². The molecule has 1 amide bonds. The highest BCUT2D eigenvalue weighted by atomic mass is 16.5. The molecule has 156 valence electrons. The van der Waals surface area contributed by atoms with Crippen LogP contribution in [0, 0.1) is 5.92 Å². The predicted molar refractivity (Wildman–Crippen MR) is 111 cm³/mol. The number of hydrogen-bond acceptors (Lipinski definition) is 3. The van der Waals surface area contributed by atoms with Gasteiger partial charge in [-0.15, -0.1) is 0 Å². The molecular formula is C21H40N4O2. The van der Waals surface area contributed by atoms with Crippen LogP contribution in [0.4, 0.5) is 0 Å². The molecule has 0 aromatic rings. The quantitative estimate of drug-likeness (QED) is 0.502. The summed E-state index contributed by atoms with van der Waals surface area (Å²) >= 11 is 0. The van der Waals surface area contributed by atoms with Gasteiger partial charge in [-0.1, -0.05) is 26.2 Å². The Morgan fingerprint density at radius 1 is 1.19 bits per heavy atom. The van der Waals surface area contributed by atoms with Crippen molar-refractivity contribution in [2.24, 2.45) is 10.9 Å². The first kappa shape index (κ1) is 22.0. The van der Waals surface area contributed by atoms with Gasteiger partial charge >= 0.3 is 0 Å². The second-order valence-electron chi connectivity index (χ2n) is 8.07. The fourth-order valence-corrected chi connectivity index (χ4v) is 4.22. The van der Waals surface area contributed by atoms with Crippen molar-refractivity contribution in [3.05, 3.63) is 0 Å². The fraction of sp³-hybridized carbons (Fsp3) is 0.905. The number of nitrogens with one attached hydrogen (secondary N) is 2. The minimum atomic E-state index is -0.0630. The van der Waals surface area contributed by atoms with Crippen LogP contribution < -0.4 is 10.6 Å². The van der Waals surface area contributed by atoms with Crippen LogP contribution in [0.15, 0.2) is 4.99 Å². The van der Waals surface area contributed by atoms with E-state index >= 15 is 0 Å². The lowest BCUT2D eigenvalue weighted by Crippen LogP contribution is -2.47. The Labute approximate surface area is 165 Å². The van der Waals surface area contributed by atoms with Gasteiger partial charge in [-0.25, -0.2) is 0 Å². The van der Waals surface area contributed by atoms with Crippen molar-refractivity contribution in [3.63, 3.8) is 0 Å². The number of likely N-dealkylation sites (tertiary alicyclic amines) is 1. The second-order valence-corrected chi connectivity index (χ2v) is 8.07. The van der Waals surface area contributed by atoms with Crippen molar-refractivity contribution in [3.8, 4) is 0 Å². The van der Waals surface area contributed by atoms with Gasteiger partial charge in [0.05, 0.1) is 12.1 Å². The Morgan fingerprint density at radius 3 is 2.48 bits per heavy atom. The number of piperidine rings is 1. The molecule has 1 heterocycles. The van der Waals surface area contributed by atoms with Crippen LogP contribution in [-0.2, 0) is 9.53 Å². The van der Waals surface area contributed by atoms with Crippen molar-refractivity contribution in [1.29, 1.82) is 0 Å². The molecule has 0 aromatic heterocycles. The maximum atomic E-state index is 11.6. The summed E-state index contributed by atoms with van der Waals surface area (Å²) in [6.45, 7) is 8.70. The van der Waals surface area contributed by atoms with Crippen LogP contribution >= 0.6 is 0 Å². The Bertz CT molecular complexity index is 467. The van der Waals surface area contributed by atoms with Gasteiger partial charge in [0.2, 0.25) is 5.91 Å². The minimum absolute atomic E-state index is 0.0630. The van der Waals surface area contributed by atoms with Crippen LogP contribution in [0.25, 0.3) is 0 Å². The summed E-state index contributed by atoms with van der Waals surface area (Å²) < 4.78 is 6.31. The molecule has 6 heteroatoms. The zero-order valence-electron chi connectivity index (χ0n) is 17.7. The van der Waals surface area contributed by atoms with Gasteiger partial charge in [-0.2, -0.15) is 0 Å². The standard InChI is InChI=1S/C21H40N4O2/c1-4-15-27-21(11-7-6-8-12-21)17-24-20(23-5-2)25-13-9-18(10-14-25)16-19(26)22-3/h18H,4-17H2,1-3H3,(H,22,26)(H,23,24). The Morgan fingerprint density at radius 2 is 1.89 bits per heavy atom. The van der Waals surface area contributed by atoms with Gasteiger partial charge in [0, 0.05) is 39.7 Å². The summed E-state index contributed by atoms with van der Waals surface area (Å²) in [5.74, 6) is 1.66. The maximum absolute atomic E-state index is 11.6. The summed E-state index contributed by atoms with van der Waals surface area (Å²) in [4.78, 5) is 19.0. The topological polar surface area (TPSA) is 66.0 Å². The molecule has 27 heavy (non-hydrogen) atoms. The predicted octanol–water partition coefficient (Wildman–Crippen LogP) is 2.93. The summed E-state index contributed by atoms with van der Waals surface area (Å²) in [6.07, 6.45) is 9.89. The molecule has 1 aliphatic heterocycles. The van der Waals surface area contributed by atoms with Gasteiger partial charge in [-0.3, -0.25) is 9.79 Å². The van der Waals surface area contributed by atoms with E-state index in [9.17, 15) is 4.79 Å². The number of carbonyl (C=O) groups excluding carboxylic acids is 1. The van der Waals surface area contributed by atoms with Gasteiger partial charge in [0.15, 0.2) is 5.96 Å². The highest BCUT2D eigenvalue weighted by molar-refractivity contribution is 5.80. The molecule has 0 spiro atoms. The first-order valence-electron chi connectivity index (χ1n) is 11.0. The molecule has 2 fully saturated rings. The molecular weight excluding hydrogens is 340 g/mol. The number of nitrogens with zero attached hydrogens (tertiary/aromatic N) is 2. The SMILES string of the molecule is CCCOC1(CN=C(NCC)N2CCC(CC(=O)NC)CC2)CCCCC1. The van der Waals surface area contributed by atoms with Gasteiger partial charge in [0.25, 0.3) is 0 Å². The molecule has 0 radical (unpaired) electrons. The summed E-state index contributed by atoms with van der Waals surface area (Å²) in [6, 6.07) is 0. The lowest BCUT2D eigenvalue weighted by molar-refractivity contribution is -0.121. The summed E-state index contributed by atoms with van der Waals surface area (Å²) in [5, 5.41) is 6.21. The normalized spacial score (nSPS) is 21.1.